The molecule has 0 aliphatic carbocycles. The van der Waals surface area contributed by atoms with Gasteiger partial charge in [-0.05, 0) is 144 Å². The monoisotopic (exact) mass is 1870 g/mol. The van der Waals surface area contributed by atoms with E-state index in [2.05, 4.69) is 84.4 Å². The van der Waals surface area contributed by atoms with Crippen molar-refractivity contribution < 1.29 is 132 Å². The van der Waals surface area contributed by atoms with Gasteiger partial charge in [0, 0.05) is 44.1 Å². The van der Waals surface area contributed by atoms with Crippen LogP contribution in [-0.4, -0.2) is 287 Å². The second kappa shape index (κ2) is 59.8. The number of guanidine groups is 1. The molecule has 1 aromatic carbocycles. The van der Waals surface area contributed by atoms with Crippen molar-refractivity contribution in [3.8, 4) is 5.75 Å². The Hall–Kier alpha value is -13.3. The number of hydrogen-bond acceptors (Lipinski definition) is 27. The van der Waals surface area contributed by atoms with E-state index >= 15 is 9.59 Å². The topological polar surface area (TPSA) is 846 Å². The molecule has 2 rings (SSSR count). The number of primary amides is 1. The number of hydrogen-bond donors (Lipinski definition) is 29. The Balaban J connectivity index is 2.71. The first-order valence-electron chi connectivity index (χ1n) is 43.2. The highest BCUT2D eigenvalue weighted by atomic mass is 16.4. The molecule has 15 amide bonds. The molecule has 0 fully saturated rings. The predicted molar refractivity (Wildman–Crippen MR) is 469 cm³/mol. The number of rotatable bonds is 66. The number of imidazole rings is 1. The Morgan fingerprint density at radius 3 is 0.977 bits per heavy atom. The molecule has 0 spiro atoms. The van der Waals surface area contributed by atoms with Crippen molar-refractivity contribution in [2.24, 2.45) is 52.3 Å². The van der Waals surface area contributed by atoms with Crippen LogP contribution in [0.1, 0.15) is 189 Å². The first-order chi connectivity index (χ1) is 62.0. The Morgan fingerprint density at radius 1 is 0.371 bits per heavy atom. The van der Waals surface area contributed by atoms with Gasteiger partial charge in [0.15, 0.2) is 5.96 Å². The van der Waals surface area contributed by atoms with Gasteiger partial charge < -0.3 is 149 Å². The fourth-order valence-corrected chi connectivity index (χ4v) is 13.2. The maximum Gasteiger partial charge on any atom is 0.326 e. The second-order valence-corrected chi connectivity index (χ2v) is 33.4. The molecule has 2 aromatic rings. The minimum Gasteiger partial charge on any atom is -0.508 e. The molecule has 1 aromatic heterocycles. The van der Waals surface area contributed by atoms with E-state index in [1.54, 1.807) is 55.4 Å². The molecule has 0 unspecified atom stereocenters. The molecule has 0 saturated heterocycles. The lowest BCUT2D eigenvalue weighted by Gasteiger charge is -2.29. The average molecular weight is 1870 g/mol. The van der Waals surface area contributed by atoms with Gasteiger partial charge in [-0.1, -0.05) is 67.5 Å². The minimum atomic E-state index is -2.06. The van der Waals surface area contributed by atoms with Gasteiger partial charge in [-0.2, -0.15) is 0 Å². The normalized spacial score (nSPS) is 14.6. The number of phenolic OH excluding ortho intramolecular Hbond substituents is 1. The molecule has 132 heavy (non-hydrogen) atoms. The van der Waals surface area contributed by atoms with Crippen molar-refractivity contribution in [3.63, 3.8) is 0 Å². The molecule has 1 heterocycles. The van der Waals surface area contributed by atoms with Gasteiger partial charge in [0.1, 0.15) is 96.4 Å². The van der Waals surface area contributed by atoms with E-state index in [-0.39, 0.29) is 102 Å². The number of benzene rings is 1. The molecule has 0 saturated carbocycles. The fraction of sp³-hybridized carbons (Fsp3) is 0.634. The summed E-state index contributed by atoms with van der Waals surface area (Å²) >= 11 is 0. The van der Waals surface area contributed by atoms with E-state index in [9.17, 15) is 117 Å². The van der Waals surface area contributed by atoms with Gasteiger partial charge in [-0.3, -0.25) is 96.5 Å². The summed E-state index contributed by atoms with van der Waals surface area (Å²) < 4.78 is 0. The largest absolute Gasteiger partial charge is 0.508 e. The van der Waals surface area contributed by atoms with Crippen LogP contribution in [0.5, 0.6) is 5.75 Å². The van der Waals surface area contributed by atoms with Crippen LogP contribution in [0.15, 0.2) is 36.8 Å². The van der Waals surface area contributed by atoms with Gasteiger partial charge in [0.2, 0.25) is 88.6 Å². The lowest BCUT2D eigenvalue weighted by Crippen LogP contribution is -2.61. The number of aliphatic hydroxyl groups is 1. The van der Waals surface area contributed by atoms with Gasteiger partial charge in [-0.15, -0.1) is 0 Å². The maximum atomic E-state index is 15.1. The van der Waals surface area contributed by atoms with Crippen LogP contribution in [-0.2, 0) is 109 Å². The highest BCUT2D eigenvalue weighted by Gasteiger charge is 2.41. The first-order valence-corrected chi connectivity index (χ1v) is 43.2. The van der Waals surface area contributed by atoms with Crippen LogP contribution >= 0.6 is 0 Å². The minimum absolute atomic E-state index is 0.0277. The number of aromatic amines is 1. The summed E-state index contributed by atoms with van der Waals surface area (Å²) in [7, 11) is 0. The quantitative estimate of drug-likeness (QED) is 0.0166. The average Bonchev–Trinajstić information content (AvgIpc) is 1.05. The summed E-state index contributed by atoms with van der Waals surface area (Å²) in [6.07, 6.45) is -4.85. The molecule has 50 heteroatoms. The van der Waals surface area contributed by atoms with Gasteiger partial charge in [0.05, 0.1) is 32.2 Å². The van der Waals surface area contributed by atoms with Crippen molar-refractivity contribution in [1.82, 2.24) is 89.7 Å². The number of aliphatic hydroxyl groups excluding tert-OH is 1. The Bertz CT molecular complexity index is 4210. The van der Waals surface area contributed by atoms with Gasteiger partial charge >= 0.3 is 29.8 Å². The summed E-state index contributed by atoms with van der Waals surface area (Å²) in [4.78, 5) is 280. The number of phenols is 1. The summed E-state index contributed by atoms with van der Waals surface area (Å²) in [6, 6.07) is -20.4. The van der Waals surface area contributed by atoms with Crippen LogP contribution in [0.3, 0.4) is 0 Å². The summed E-state index contributed by atoms with van der Waals surface area (Å²) in [6.45, 7) is 12.6. The van der Waals surface area contributed by atoms with E-state index in [0.29, 0.717) is 12.0 Å². The number of carbonyl (C=O) groups is 20. The Kier molecular flexibility index (Phi) is 52.1. The van der Waals surface area contributed by atoms with Crippen LogP contribution in [0, 0.1) is 29.1 Å². The van der Waals surface area contributed by atoms with Crippen molar-refractivity contribution in [1.29, 1.82) is 5.41 Å². The number of unbranched alkanes of at least 4 members (excludes halogenated alkanes) is 2. The Morgan fingerprint density at radius 2 is 0.667 bits per heavy atom. The number of carbonyl (C=O) groups excluding carboxylic acids is 15. The molecule has 0 aliphatic heterocycles. The third-order valence-corrected chi connectivity index (χ3v) is 19.9. The number of aromatic hydroxyl groups is 1. The first kappa shape index (κ1) is 115. The lowest BCUT2D eigenvalue weighted by atomic mass is 9.98. The van der Waals surface area contributed by atoms with Crippen LogP contribution < -0.4 is 108 Å². The van der Waals surface area contributed by atoms with Crippen molar-refractivity contribution in [3.05, 3.63) is 48.0 Å². The van der Waals surface area contributed by atoms with E-state index < -0.39 is 303 Å². The molecule has 738 valence electrons. The number of carboxylic acid groups (broad SMARTS) is 5. The van der Waals surface area contributed by atoms with Gasteiger partial charge in [0.25, 0.3) is 0 Å². The Labute approximate surface area is 761 Å². The van der Waals surface area contributed by atoms with Crippen LogP contribution in [0.4, 0.5) is 0 Å². The van der Waals surface area contributed by atoms with E-state index in [0.717, 1.165) is 0 Å². The number of nitrogens with zero attached hydrogens (tertiary/aromatic N) is 1. The molecule has 0 aliphatic rings. The zero-order chi connectivity index (χ0) is 99.8. The van der Waals surface area contributed by atoms with Crippen molar-refractivity contribution >= 4 is 124 Å². The van der Waals surface area contributed by atoms with E-state index in [1.807, 2.05) is 5.32 Å². The third kappa shape index (κ3) is 45.8. The van der Waals surface area contributed by atoms with Gasteiger partial charge in [-0.25, -0.2) is 9.78 Å². The SMILES string of the molecule is CC(C)C[C@H](NC(=O)[C@H](CC(C)C)NC(=O)[C@H](Cc1ccc(O)cc1)NC(=O)[C@H](CCCNC(=N)N)NC(=O)[C@H](CC(C)C)NC(=O)[C@H](CC(C)C)NC(=O)[C@H](CCC(N)=O)NC(=O)[C@H](Cc1cnc[nH]1)NC(=O)[C@H](CC(=O)O)NC(=O)[C@H](CCCCN)NC(=O)[C@@H](N)CO)C(=O)N[C@@H](CC(=O)O)C(=O)N[C@@H](CCCCN)C(=O)N[C@@H](CC(=O)O)C(=O)N[C@@H](CCC(=O)O)C(=O)O. The fourth-order valence-electron chi connectivity index (χ4n) is 13.2. The van der Waals surface area contributed by atoms with Crippen LogP contribution in [0.25, 0.3) is 0 Å². The highest BCUT2D eigenvalue weighted by Crippen LogP contribution is 2.19. The standard InChI is InChI=1S/C82H133N23O27/c1-40(2)28-53(98-73(123)54(29-41(3)4)97-71(121)51(21-23-62(86)108)95-77(127)58(33-45-37-89-39-91-45)102-80(130)61(36-66(115)116)104-68(118)48(14-9-11-25-83)92-67(117)47(85)38-106)72(122)94-50(16-13-27-90-82(87)88)70(120)101-57(32-44-17-19-46(107)20-18-44)76(126)100-55(30-42(5)6)74(124)99-56(31-43(7)8)75(125)105-59(34-64(111)112)78(128)93-49(15-10-12-26-84)69(119)103-60(35-65(113)114)79(129)96-52(81(131)132)22-24-63(109)110/h17-20,37,39-43,47-61,106-107H,9-16,21-36,38,83-85H2,1-8H3,(H2,86,108)(H,89,91)(H,92,117)(H,93,128)(H,94,122)(H,95,127)(H,96,129)(H,97,121)(H,98,123)(H,99,124)(H,100,126)(H,101,120)(H,102,130)(H,103,119)(H,104,118)(H,105,125)(H,109,110)(H,111,112)(H,113,114)(H,115,116)(H,131,132)(H4,87,88,90)/t47-,48-,49-,50-,51-,52-,53-,54-,55-,56-,57-,58-,59-,60-,61-/m0/s1. The summed E-state index contributed by atoms with van der Waals surface area (Å²) in [5.41, 5.74) is 28.6. The number of amides is 15. The number of nitrogens with two attached hydrogens (primary N) is 5. The second-order valence-electron chi connectivity index (χ2n) is 33.4. The predicted octanol–water partition coefficient (Wildman–Crippen LogP) is -6.65. The number of carboxylic acids is 5. The smallest absolute Gasteiger partial charge is 0.326 e. The van der Waals surface area contributed by atoms with E-state index in [1.165, 1.54) is 36.8 Å². The molecule has 0 radical (unpaired) electrons. The lowest BCUT2D eigenvalue weighted by molar-refractivity contribution is -0.144. The van der Waals surface area contributed by atoms with Crippen LogP contribution in [0.2, 0.25) is 0 Å². The number of aromatic nitrogens is 2. The summed E-state index contributed by atoms with van der Waals surface area (Å²) in [5.74, 6) is -27.3. The zero-order valence-corrected chi connectivity index (χ0v) is 75.2. The maximum absolute atomic E-state index is 15.1. The summed E-state index contributed by atoms with van der Waals surface area (Å²) in [5, 5.41) is 112. The highest BCUT2D eigenvalue weighted by molar-refractivity contribution is 6.02. The zero-order valence-electron chi connectivity index (χ0n) is 75.2. The number of H-pyrrole nitrogens is 1. The third-order valence-electron chi connectivity index (χ3n) is 19.9. The molecule has 0 bridgehead atoms. The number of nitrogens with one attached hydrogen (secondary N) is 17. The number of aliphatic carboxylic acids is 5. The molecular formula is C82H133N23O27. The van der Waals surface area contributed by atoms with E-state index in [4.69, 9.17) is 39.2 Å². The molecular weight excluding hydrogens is 1740 g/mol. The molecule has 15 atom stereocenters. The van der Waals surface area contributed by atoms with Crippen molar-refractivity contribution in [2.45, 2.75) is 281 Å². The van der Waals surface area contributed by atoms with Crippen molar-refractivity contribution in [2.75, 3.05) is 26.2 Å². The molecule has 34 N–H and O–H groups in total. The molecule has 50 nitrogen and oxygen atoms in total.